The maximum absolute atomic E-state index is 12.9. The van der Waals surface area contributed by atoms with Crippen LogP contribution in [0.2, 0.25) is 0 Å². The number of benzene rings is 2. The van der Waals surface area contributed by atoms with E-state index in [9.17, 15) is 18.0 Å². The summed E-state index contributed by atoms with van der Waals surface area (Å²) in [6, 6.07) is 8.70. The molecule has 1 aliphatic heterocycles. The lowest BCUT2D eigenvalue weighted by molar-refractivity contribution is -0.137. The second-order valence-corrected chi connectivity index (χ2v) is 8.95. The van der Waals surface area contributed by atoms with Crippen LogP contribution in [0.15, 0.2) is 47.6 Å². The lowest BCUT2D eigenvalue weighted by Gasteiger charge is -2.46. The zero-order chi connectivity index (χ0) is 23.8. The largest absolute Gasteiger partial charge is 0.416 e. The van der Waals surface area contributed by atoms with Crippen molar-refractivity contribution in [1.82, 2.24) is 5.43 Å². The molecule has 1 amide bonds. The second-order valence-electron chi connectivity index (χ2n) is 8.95. The van der Waals surface area contributed by atoms with Gasteiger partial charge in [0.15, 0.2) is 0 Å². The molecule has 0 atom stereocenters. The second kappa shape index (κ2) is 8.45. The third-order valence-corrected chi connectivity index (χ3v) is 5.60. The number of rotatable bonds is 4. The van der Waals surface area contributed by atoms with Crippen molar-refractivity contribution in [1.29, 1.82) is 0 Å². The first-order valence-electron chi connectivity index (χ1n) is 10.5. The van der Waals surface area contributed by atoms with Gasteiger partial charge in [0.1, 0.15) is 0 Å². The van der Waals surface area contributed by atoms with Crippen LogP contribution in [0, 0.1) is 6.92 Å². The molecule has 0 bridgehead atoms. The maximum Gasteiger partial charge on any atom is 0.416 e. The van der Waals surface area contributed by atoms with Gasteiger partial charge in [0, 0.05) is 22.9 Å². The highest BCUT2D eigenvalue weighted by Gasteiger charge is 2.33. The number of allylic oxidation sites excluding steroid dienone is 1. The summed E-state index contributed by atoms with van der Waals surface area (Å²) in [6.45, 7) is 12.7. The molecule has 7 heteroatoms. The molecule has 0 saturated heterocycles. The number of amides is 1. The molecule has 1 N–H and O–H groups in total. The highest BCUT2D eigenvalue weighted by Crippen LogP contribution is 2.41. The third kappa shape index (κ3) is 4.71. The number of hydrazone groups is 1. The van der Waals surface area contributed by atoms with Crippen molar-refractivity contribution in [3.05, 3.63) is 70.3 Å². The molecule has 0 saturated carbocycles. The number of nitrogens with one attached hydrogen (secondary N) is 1. The molecule has 2 aromatic rings. The number of hydrogen-bond acceptors (Lipinski definition) is 3. The molecular formula is C25H28F3N3O. The Labute approximate surface area is 186 Å². The van der Waals surface area contributed by atoms with Crippen molar-refractivity contribution in [2.24, 2.45) is 5.10 Å². The molecule has 3 rings (SSSR count). The van der Waals surface area contributed by atoms with Crippen molar-refractivity contribution < 1.29 is 18.0 Å². The Hall–Kier alpha value is -3.09. The van der Waals surface area contributed by atoms with Gasteiger partial charge in [-0.1, -0.05) is 12.1 Å². The van der Waals surface area contributed by atoms with Gasteiger partial charge in [-0.25, -0.2) is 5.43 Å². The van der Waals surface area contributed by atoms with Crippen LogP contribution in [0.5, 0.6) is 0 Å². The molecule has 1 heterocycles. The van der Waals surface area contributed by atoms with Crippen LogP contribution < -0.4 is 10.3 Å². The summed E-state index contributed by atoms with van der Waals surface area (Å²) < 4.78 is 38.6. The van der Waals surface area contributed by atoms with Gasteiger partial charge in [-0.2, -0.15) is 18.3 Å². The van der Waals surface area contributed by atoms with E-state index < -0.39 is 17.6 Å². The number of alkyl halides is 3. The summed E-state index contributed by atoms with van der Waals surface area (Å²) >= 11 is 0. The number of aryl methyl sites for hydroxylation is 1. The fraction of sp³-hybridized carbons (Fsp3) is 0.360. The van der Waals surface area contributed by atoms with Gasteiger partial charge in [0.25, 0.3) is 5.91 Å². The SMILES string of the molecule is CC1=CC(C)(C)N(C(C)C)c2cc(C)c(/C=N/NC(=O)c3cccc(C(F)(F)F)c3)cc21. The molecule has 2 aromatic carbocycles. The van der Waals surface area contributed by atoms with Crippen LogP contribution in [0.25, 0.3) is 5.57 Å². The number of fused-ring (bicyclic) bond motifs is 1. The van der Waals surface area contributed by atoms with E-state index >= 15 is 0 Å². The number of carbonyl (C=O) groups is 1. The lowest BCUT2D eigenvalue weighted by atomic mass is 9.86. The topological polar surface area (TPSA) is 44.7 Å². The van der Waals surface area contributed by atoms with E-state index in [1.165, 1.54) is 18.3 Å². The van der Waals surface area contributed by atoms with Gasteiger partial charge in [-0.05, 0) is 88.6 Å². The average molecular weight is 444 g/mol. The van der Waals surface area contributed by atoms with Gasteiger partial charge in [-0.15, -0.1) is 0 Å². The molecule has 0 aromatic heterocycles. The average Bonchev–Trinajstić information content (AvgIpc) is 2.67. The molecular weight excluding hydrogens is 415 g/mol. The van der Waals surface area contributed by atoms with E-state index in [-0.39, 0.29) is 11.1 Å². The van der Waals surface area contributed by atoms with Crippen molar-refractivity contribution in [3.63, 3.8) is 0 Å². The summed E-state index contributed by atoms with van der Waals surface area (Å²) in [5.41, 5.74) is 6.43. The zero-order valence-corrected chi connectivity index (χ0v) is 19.1. The molecule has 32 heavy (non-hydrogen) atoms. The predicted octanol–water partition coefficient (Wildman–Crippen LogP) is 6.19. The smallest absolute Gasteiger partial charge is 0.360 e. The van der Waals surface area contributed by atoms with Gasteiger partial charge in [-0.3, -0.25) is 4.79 Å². The van der Waals surface area contributed by atoms with Crippen LogP contribution in [-0.4, -0.2) is 23.7 Å². The van der Waals surface area contributed by atoms with E-state index in [0.29, 0.717) is 6.04 Å². The minimum absolute atomic E-state index is 0.104. The summed E-state index contributed by atoms with van der Waals surface area (Å²) in [5, 5.41) is 3.99. The number of halogens is 3. The Morgan fingerprint density at radius 2 is 1.84 bits per heavy atom. The van der Waals surface area contributed by atoms with Gasteiger partial charge >= 0.3 is 6.18 Å². The molecule has 0 unspecified atom stereocenters. The summed E-state index contributed by atoms with van der Waals surface area (Å²) in [6.07, 6.45) is -0.752. The molecule has 1 aliphatic rings. The molecule has 170 valence electrons. The van der Waals surface area contributed by atoms with E-state index in [1.54, 1.807) is 0 Å². The molecule has 0 spiro atoms. The van der Waals surface area contributed by atoms with Crippen molar-refractivity contribution in [2.45, 2.75) is 59.3 Å². The first-order chi connectivity index (χ1) is 14.8. The molecule has 0 radical (unpaired) electrons. The van der Waals surface area contributed by atoms with E-state index in [2.05, 4.69) is 62.2 Å². The minimum atomic E-state index is -4.51. The normalized spacial score (nSPS) is 15.7. The zero-order valence-electron chi connectivity index (χ0n) is 19.1. The van der Waals surface area contributed by atoms with Crippen molar-refractivity contribution >= 4 is 23.4 Å². The standard InChI is InChI=1S/C25H28F3N3O/c1-15(2)31-22-10-16(3)19(12-21(22)17(4)13-24(31,5)6)14-29-30-23(32)18-8-7-9-20(11-18)25(26,27)28/h7-15H,1-6H3,(H,30,32)/b29-14+. The Balaban J connectivity index is 1.85. The monoisotopic (exact) mass is 443 g/mol. The van der Waals surface area contributed by atoms with Gasteiger partial charge in [0.2, 0.25) is 0 Å². The summed E-state index contributed by atoms with van der Waals surface area (Å²) in [4.78, 5) is 14.6. The summed E-state index contributed by atoms with van der Waals surface area (Å²) in [5.74, 6) is -0.702. The van der Waals surface area contributed by atoms with Gasteiger partial charge in [0.05, 0.1) is 17.3 Å². The van der Waals surface area contributed by atoms with E-state index in [4.69, 9.17) is 0 Å². The van der Waals surface area contributed by atoms with Crippen LogP contribution in [-0.2, 0) is 6.18 Å². The van der Waals surface area contributed by atoms with Crippen molar-refractivity contribution in [2.75, 3.05) is 4.90 Å². The van der Waals surface area contributed by atoms with Crippen LogP contribution >= 0.6 is 0 Å². The van der Waals surface area contributed by atoms with Crippen LogP contribution in [0.3, 0.4) is 0 Å². The maximum atomic E-state index is 12.9. The Bertz CT molecular complexity index is 1100. The Morgan fingerprint density at radius 1 is 1.16 bits per heavy atom. The molecule has 4 nitrogen and oxygen atoms in total. The first kappa shape index (κ1) is 23.6. The first-order valence-corrected chi connectivity index (χ1v) is 10.5. The molecule has 0 fully saturated rings. The van der Waals surface area contributed by atoms with Crippen LogP contribution in [0.4, 0.5) is 18.9 Å². The molecule has 0 aliphatic carbocycles. The highest BCUT2D eigenvalue weighted by atomic mass is 19.4. The fourth-order valence-electron chi connectivity index (χ4n) is 4.36. The summed E-state index contributed by atoms with van der Waals surface area (Å²) in [7, 11) is 0. The quantitative estimate of drug-likeness (QED) is 0.452. The van der Waals surface area contributed by atoms with Crippen LogP contribution in [0.1, 0.15) is 67.2 Å². The van der Waals surface area contributed by atoms with Crippen molar-refractivity contribution in [3.8, 4) is 0 Å². The van der Waals surface area contributed by atoms with E-state index in [1.807, 2.05) is 13.0 Å². The number of anilines is 1. The minimum Gasteiger partial charge on any atom is -0.360 e. The third-order valence-electron chi connectivity index (χ3n) is 5.60. The predicted molar refractivity (Wildman–Crippen MR) is 123 cm³/mol. The Kier molecular flexibility index (Phi) is 6.22. The number of nitrogens with zero attached hydrogens (tertiary/aromatic N) is 2. The lowest BCUT2D eigenvalue weighted by Crippen LogP contribution is -2.49. The van der Waals surface area contributed by atoms with Gasteiger partial charge < -0.3 is 4.90 Å². The number of hydrogen-bond donors (Lipinski definition) is 1. The Morgan fingerprint density at radius 3 is 2.47 bits per heavy atom. The van der Waals surface area contributed by atoms with E-state index in [0.717, 1.165) is 40.1 Å². The highest BCUT2D eigenvalue weighted by molar-refractivity contribution is 5.95. The fourth-order valence-corrected chi connectivity index (χ4v) is 4.36. The number of carbonyl (C=O) groups excluding carboxylic acids is 1.